The van der Waals surface area contributed by atoms with E-state index in [1.54, 1.807) is 0 Å². The summed E-state index contributed by atoms with van der Waals surface area (Å²) in [4.78, 5) is 14.2. The van der Waals surface area contributed by atoms with E-state index in [-0.39, 0.29) is 17.9 Å². The van der Waals surface area contributed by atoms with Crippen LogP contribution in [0.1, 0.15) is 31.2 Å². The van der Waals surface area contributed by atoms with Gasteiger partial charge in [-0.3, -0.25) is 4.79 Å². The van der Waals surface area contributed by atoms with Crippen LogP contribution in [-0.2, 0) is 11.3 Å². The van der Waals surface area contributed by atoms with Gasteiger partial charge in [0.1, 0.15) is 0 Å². The van der Waals surface area contributed by atoms with Crippen LogP contribution in [0.3, 0.4) is 0 Å². The number of benzene rings is 1. The Morgan fingerprint density at radius 3 is 2.84 bits per heavy atom. The zero-order valence-electron chi connectivity index (χ0n) is 11.3. The summed E-state index contributed by atoms with van der Waals surface area (Å²) in [6.07, 6.45) is 3.93. The van der Waals surface area contributed by atoms with Crippen LogP contribution in [0.2, 0.25) is 0 Å². The summed E-state index contributed by atoms with van der Waals surface area (Å²) in [5, 5.41) is 0. The molecule has 0 bridgehead atoms. The van der Waals surface area contributed by atoms with Crippen molar-refractivity contribution in [2.75, 3.05) is 7.05 Å². The molecule has 0 radical (unpaired) electrons. The monoisotopic (exact) mass is 324 g/mol. The van der Waals surface area contributed by atoms with E-state index in [4.69, 9.17) is 5.73 Å². The van der Waals surface area contributed by atoms with Gasteiger partial charge in [-0.15, -0.1) is 0 Å². The first kappa shape index (κ1) is 14.5. The van der Waals surface area contributed by atoms with Crippen LogP contribution in [0, 0.1) is 5.92 Å². The highest BCUT2D eigenvalue weighted by Crippen LogP contribution is 2.26. The molecule has 0 spiro atoms. The van der Waals surface area contributed by atoms with Crippen LogP contribution in [-0.4, -0.2) is 23.9 Å². The highest BCUT2D eigenvalue weighted by Gasteiger charge is 2.27. The normalized spacial score (nSPS) is 23.1. The van der Waals surface area contributed by atoms with E-state index in [9.17, 15) is 4.79 Å². The second kappa shape index (κ2) is 6.53. The Bertz CT molecular complexity index is 450. The number of hydrogen-bond acceptors (Lipinski definition) is 2. The van der Waals surface area contributed by atoms with Gasteiger partial charge in [0, 0.05) is 30.0 Å². The van der Waals surface area contributed by atoms with Gasteiger partial charge in [-0.05, 0) is 30.9 Å². The number of hydrogen-bond donors (Lipinski definition) is 1. The van der Waals surface area contributed by atoms with Gasteiger partial charge >= 0.3 is 0 Å². The van der Waals surface area contributed by atoms with Crippen molar-refractivity contribution in [3.05, 3.63) is 34.3 Å². The molecule has 104 valence electrons. The summed E-state index contributed by atoms with van der Waals surface area (Å²) in [7, 11) is 1.88. The topological polar surface area (TPSA) is 46.3 Å². The maximum absolute atomic E-state index is 12.4. The molecule has 2 atom stereocenters. The number of halogens is 1. The fourth-order valence-corrected chi connectivity index (χ4v) is 3.13. The lowest BCUT2D eigenvalue weighted by Crippen LogP contribution is -2.38. The van der Waals surface area contributed by atoms with Crippen molar-refractivity contribution in [2.24, 2.45) is 11.7 Å². The number of carbonyl (C=O) groups is 1. The van der Waals surface area contributed by atoms with Crippen LogP contribution in [0.4, 0.5) is 0 Å². The minimum absolute atomic E-state index is 0.108. The van der Waals surface area contributed by atoms with Gasteiger partial charge in [0.05, 0.1) is 0 Å². The van der Waals surface area contributed by atoms with Crippen LogP contribution < -0.4 is 5.73 Å². The van der Waals surface area contributed by atoms with E-state index in [0.717, 1.165) is 35.7 Å². The number of amides is 1. The molecule has 0 aromatic heterocycles. The summed E-state index contributed by atoms with van der Waals surface area (Å²) in [5.41, 5.74) is 7.10. The van der Waals surface area contributed by atoms with E-state index < -0.39 is 0 Å². The van der Waals surface area contributed by atoms with Gasteiger partial charge in [-0.2, -0.15) is 0 Å². The summed E-state index contributed by atoms with van der Waals surface area (Å²) in [6, 6.07) is 8.22. The average molecular weight is 325 g/mol. The van der Waals surface area contributed by atoms with Gasteiger partial charge in [0.25, 0.3) is 0 Å². The first-order valence-electron chi connectivity index (χ1n) is 6.82. The van der Waals surface area contributed by atoms with Gasteiger partial charge in [0.15, 0.2) is 0 Å². The molecule has 1 aromatic rings. The molecule has 19 heavy (non-hydrogen) atoms. The van der Waals surface area contributed by atoms with Gasteiger partial charge in [-0.25, -0.2) is 0 Å². The standard InChI is InChI=1S/C15H21BrN2O/c1-18(10-12-5-2-3-8-14(12)16)15(19)11-6-4-7-13(17)9-11/h2-3,5,8,11,13H,4,6-7,9-10,17H2,1H3. The number of carbonyl (C=O) groups excluding carboxylic acids is 1. The molecule has 1 aliphatic carbocycles. The fraction of sp³-hybridized carbons (Fsp3) is 0.533. The molecule has 0 heterocycles. The molecule has 2 rings (SSSR count). The first-order chi connectivity index (χ1) is 9.08. The molecule has 0 aliphatic heterocycles. The zero-order chi connectivity index (χ0) is 13.8. The SMILES string of the molecule is CN(Cc1ccccc1Br)C(=O)C1CCCC(N)C1. The Balaban J connectivity index is 1.97. The first-order valence-corrected chi connectivity index (χ1v) is 7.61. The van der Waals surface area contributed by atoms with Crippen molar-refractivity contribution in [3.63, 3.8) is 0 Å². The third-order valence-corrected chi connectivity index (χ3v) is 4.58. The number of nitrogens with two attached hydrogens (primary N) is 1. The Labute approximate surface area is 123 Å². The Morgan fingerprint density at radius 1 is 1.42 bits per heavy atom. The van der Waals surface area contributed by atoms with Crippen LogP contribution in [0.5, 0.6) is 0 Å². The van der Waals surface area contributed by atoms with Crippen molar-refractivity contribution in [1.82, 2.24) is 4.90 Å². The van der Waals surface area contributed by atoms with E-state index >= 15 is 0 Å². The molecular weight excluding hydrogens is 304 g/mol. The van der Waals surface area contributed by atoms with Crippen LogP contribution >= 0.6 is 15.9 Å². The lowest BCUT2D eigenvalue weighted by atomic mass is 9.85. The van der Waals surface area contributed by atoms with E-state index in [1.807, 2.05) is 36.2 Å². The van der Waals surface area contributed by atoms with Gasteiger partial charge < -0.3 is 10.6 Å². The van der Waals surface area contributed by atoms with E-state index in [0.29, 0.717) is 6.54 Å². The highest BCUT2D eigenvalue weighted by molar-refractivity contribution is 9.10. The second-order valence-electron chi connectivity index (χ2n) is 5.41. The van der Waals surface area contributed by atoms with Crippen molar-refractivity contribution in [1.29, 1.82) is 0 Å². The Kier molecular flexibility index (Phi) is 4.99. The predicted octanol–water partition coefficient (Wildman–Crippen LogP) is 2.93. The summed E-state index contributed by atoms with van der Waals surface area (Å²) >= 11 is 3.52. The minimum Gasteiger partial charge on any atom is -0.341 e. The predicted molar refractivity (Wildman–Crippen MR) is 80.5 cm³/mol. The lowest BCUT2D eigenvalue weighted by molar-refractivity contribution is -0.135. The number of nitrogens with zero attached hydrogens (tertiary/aromatic N) is 1. The number of rotatable bonds is 3. The Hall–Kier alpha value is -0.870. The fourth-order valence-electron chi connectivity index (χ4n) is 2.72. The highest BCUT2D eigenvalue weighted by atomic mass is 79.9. The van der Waals surface area contributed by atoms with E-state index in [2.05, 4.69) is 15.9 Å². The zero-order valence-corrected chi connectivity index (χ0v) is 12.9. The molecule has 4 heteroatoms. The average Bonchev–Trinajstić information content (AvgIpc) is 2.40. The molecule has 1 fully saturated rings. The van der Waals surface area contributed by atoms with Crippen LogP contribution in [0.25, 0.3) is 0 Å². The van der Waals surface area contributed by atoms with Gasteiger partial charge in [0.2, 0.25) is 5.91 Å². The molecular formula is C15H21BrN2O. The quantitative estimate of drug-likeness (QED) is 0.929. The van der Waals surface area contributed by atoms with Crippen molar-refractivity contribution in [2.45, 2.75) is 38.3 Å². The maximum atomic E-state index is 12.4. The second-order valence-corrected chi connectivity index (χ2v) is 6.26. The van der Waals surface area contributed by atoms with Crippen molar-refractivity contribution < 1.29 is 4.79 Å². The van der Waals surface area contributed by atoms with Crippen molar-refractivity contribution in [3.8, 4) is 0 Å². The van der Waals surface area contributed by atoms with Gasteiger partial charge in [-0.1, -0.05) is 40.5 Å². The smallest absolute Gasteiger partial charge is 0.225 e. The molecule has 3 nitrogen and oxygen atoms in total. The molecule has 2 N–H and O–H groups in total. The van der Waals surface area contributed by atoms with Crippen LogP contribution in [0.15, 0.2) is 28.7 Å². The summed E-state index contributed by atoms with van der Waals surface area (Å²) in [6.45, 7) is 0.645. The Morgan fingerprint density at radius 2 is 2.16 bits per heavy atom. The molecule has 1 aromatic carbocycles. The third kappa shape index (κ3) is 3.80. The van der Waals surface area contributed by atoms with E-state index in [1.165, 1.54) is 0 Å². The van der Waals surface area contributed by atoms with Crippen molar-refractivity contribution >= 4 is 21.8 Å². The molecule has 0 saturated heterocycles. The summed E-state index contributed by atoms with van der Waals surface area (Å²) < 4.78 is 1.05. The molecule has 1 amide bonds. The largest absolute Gasteiger partial charge is 0.341 e. The third-order valence-electron chi connectivity index (χ3n) is 3.81. The molecule has 1 aliphatic rings. The lowest BCUT2D eigenvalue weighted by Gasteiger charge is -2.29. The maximum Gasteiger partial charge on any atom is 0.225 e. The molecule has 1 saturated carbocycles. The minimum atomic E-state index is 0.108. The molecule has 2 unspecified atom stereocenters. The summed E-state index contributed by atoms with van der Waals surface area (Å²) in [5.74, 6) is 0.335.